The normalized spacial score (nSPS) is 10.6. The lowest BCUT2D eigenvalue weighted by Gasteiger charge is -1.95. The third-order valence-corrected chi connectivity index (χ3v) is 2.59. The Balaban J connectivity index is 1.92. The van der Waals surface area contributed by atoms with Crippen molar-refractivity contribution in [1.29, 1.82) is 0 Å². The fraction of sp³-hybridized carbons (Fsp3) is 0.417. The summed E-state index contributed by atoms with van der Waals surface area (Å²) in [4.78, 5) is 8.42. The highest BCUT2D eigenvalue weighted by molar-refractivity contribution is 5.52. The van der Waals surface area contributed by atoms with E-state index >= 15 is 0 Å². The van der Waals surface area contributed by atoms with Crippen LogP contribution in [0.5, 0.6) is 0 Å². The van der Waals surface area contributed by atoms with Crippen molar-refractivity contribution < 1.29 is 0 Å². The van der Waals surface area contributed by atoms with E-state index in [9.17, 15) is 0 Å². The smallest absolute Gasteiger partial charge is 0.181 e. The van der Waals surface area contributed by atoms with E-state index in [2.05, 4.69) is 20.2 Å². The first-order valence-corrected chi connectivity index (χ1v) is 5.92. The Hall–Kier alpha value is -1.75. The number of pyridine rings is 1. The van der Waals surface area contributed by atoms with Gasteiger partial charge in [-0.2, -0.15) is 5.10 Å². The molecule has 0 bridgehead atoms. The highest BCUT2D eigenvalue weighted by atomic mass is 15.2. The number of aryl methyl sites for hydroxylation is 1. The minimum atomic E-state index is 0.737. The molecule has 5 nitrogen and oxygen atoms in total. The first kappa shape index (κ1) is 11.7. The van der Waals surface area contributed by atoms with Crippen LogP contribution in [0.2, 0.25) is 0 Å². The van der Waals surface area contributed by atoms with Crippen molar-refractivity contribution >= 4 is 0 Å². The minimum Gasteiger partial charge on any atom is -0.330 e. The second-order valence-corrected chi connectivity index (χ2v) is 3.94. The molecule has 0 saturated carbocycles. The van der Waals surface area contributed by atoms with Gasteiger partial charge in [-0.3, -0.25) is 10.1 Å². The summed E-state index contributed by atoms with van der Waals surface area (Å²) in [7, 11) is 0. The van der Waals surface area contributed by atoms with Gasteiger partial charge in [-0.15, -0.1) is 0 Å². The van der Waals surface area contributed by atoms with Gasteiger partial charge >= 0.3 is 0 Å². The highest BCUT2D eigenvalue weighted by Crippen LogP contribution is 2.13. The van der Waals surface area contributed by atoms with Crippen LogP contribution in [-0.4, -0.2) is 26.7 Å². The van der Waals surface area contributed by atoms with E-state index in [0.29, 0.717) is 0 Å². The number of aromatic amines is 1. The van der Waals surface area contributed by atoms with Gasteiger partial charge in [-0.05, 0) is 31.5 Å². The number of nitrogens with zero attached hydrogens (tertiary/aromatic N) is 3. The van der Waals surface area contributed by atoms with Crippen molar-refractivity contribution in [2.45, 2.75) is 25.7 Å². The van der Waals surface area contributed by atoms with E-state index in [0.717, 1.165) is 49.4 Å². The lowest BCUT2D eigenvalue weighted by atomic mass is 10.2. The maximum absolute atomic E-state index is 5.45. The molecule has 0 saturated heterocycles. The molecule has 17 heavy (non-hydrogen) atoms. The molecule has 0 radical (unpaired) electrons. The minimum absolute atomic E-state index is 0.737. The Morgan fingerprint density at radius 3 is 2.71 bits per heavy atom. The molecule has 5 heteroatoms. The molecule has 2 rings (SSSR count). The summed E-state index contributed by atoms with van der Waals surface area (Å²) in [5.41, 5.74) is 6.44. The van der Waals surface area contributed by atoms with Crippen LogP contribution in [0.3, 0.4) is 0 Å². The molecule has 0 aliphatic heterocycles. The Bertz CT molecular complexity index is 437. The van der Waals surface area contributed by atoms with E-state index in [-0.39, 0.29) is 0 Å². The van der Waals surface area contributed by atoms with Gasteiger partial charge in [0.2, 0.25) is 0 Å². The molecule has 90 valence electrons. The number of nitrogens with two attached hydrogens (primary N) is 1. The summed E-state index contributed by atoms with van der Waals surface area (Å²) in [5, 5.41) is 7.17. The van der Waals surface area contributed by atoms with Crippen molar-refractivity contribution in [3.05, 3.63) is 30.4 Å². The van der Waals surface area contributed by atoms with Crippen molar-refractivity contribution in [3.63, 3.8) is 0 Å². The first-order valence-electron chi connectivity index (χ1n) is 5.92. The molecule has 2 aromatic heterocycles. The Labute approximate surface area is 100 Å². The summed E-state index contributed by atoms with van der Waals surface area (Å²) >= 11 is 0. The number of nitrogens with one attached hydrogen (secondary N) is 1. The molecule has 0 aromatic carbocycles. The third kappa shape index (κ3) is 3.35. The molecule has 2 heterocycles. The number of aromatic nitrogens is 4. The summed E-state index contributed by atoms with van der Waals surface area (Å²) in [6, 6.07) is 3.81. The second kappa shape index (κ2) is 6.10. The first-order chi connectivity index (χ1) is 8.40. The SMILES string of the molecule is NCCCCCc1nc(-c2ccncc2)n[nH]1. The van der Waals surface area contributed by atoms with Crippen LogP contribution in [0, 0.1) is 0 Å². The number of unbranched alkanes of at least 4 members (excludes halogenated alkanes) is 2. The van der Waals surface area contributed by atoms with Gasteiger partial charge in [-0.25, -0.2) is 4.98 Å². The zero-order valence-corrected chi connectivity index (χ0v) is 9.76. The van der Waals surface area contributed by atoms with E-state index in [1.54, 1.807) is 12.4 Å². The maximum atomic E-state index is 5.45. The molecule has 0 fully saturated rings. The topological polar surface area (TPSA) is 80.5 Å². The van der Waals surface area contributed by atoms with Crippen LogP contribution in [0.15, 0.2) is 24.5 Å². The standard InChI is InChI=1S/C12H17N5/c13-7-3-1-2-4-11-15-12(17-16-11)10-5-8-14-9-6-10/h5-6,8-9H,1-4,7,13H2,(H,15,16,17). The van der Waals surface area contributed by atoms with Crippen LogP contribution < -0.4 is 5.73 Å². The Morgan fingerprint density at radius 1 is 1.12 bits per heavy atom. The monoisotopic (exact) mass is 231 g/mol. The zero-order chi connectivity index (χ0) is 11.9. The molecule has 0 aliphatic carbocycles. The lowest BCUT2D eigenvalue weighted by Crippen LogP contribution is -1.98. The highest BCUT2D eigenvalue weighted by Gasteiger charge is 2.04. The second-order valence-electron chi connectivity index (χ2n) is 3.94. The fourth-order valence-electron chi connectivity index (χ4n) is 1.65. The molecule has 0 unspecified atom stereocenters. The van der Waals surface area contributed by atoms with E-state index in [1.165, 1.54) is 0 Å². The number of hydrogen-bond donors (Lipinski definition) is 2. The van der Waals surface area contributed by atoms with Gasteiger partial charge in [0.25, 0.3) is 0 Å². The Morgan fingerprint density at radius 2 is 1.94 bits per heavy atom. The molecule has 3 N–H and O–H groups in total. The number of H-pyrrole nitrogens is 1. The Kier molecular flexibility index (Phi) is 4.21. The van der Waals surface area contributed by atoms with Gasteiger partial charge in [-0.1, -0.05) is 6.42 Å². The quantitative estimate of drug-likeness (QED) is 0.739. The predicted octanol–water partition coefficient (Wildman–Crippen LogP) is 1.54. The van der Waals surface area contributed by atoms with E-state index in [1.807, 2.05) is 12.1 Å². The van der Waals surface area contributed by atoms with Crippen LogP contribution in [-0.2, 0) is 6.42 Å². The largest absolute Gasteiger partial charge is 0.330 e. The average molecular weight is 231 g/mol. The molecule has 0 amide bonds. The van der Waals surface area contributed by atoms with Crippen molar-refractivity contribution in [3.8, 4) is 11.4 Å². The van der Waals surface area contributed by atoms with Crippen LogP contribution in [0.1, 0.15) is 25.1 Å². The van der Waals surface area contributed by atoms with E-state index in [4.69, 9.17) is 5.73 Å². The molecule has 0 atom stereocenters. The van der Waals surface area contributed by atoms with Crippen LogP contribution >= 0.6 is 0 Å². The van der Waals surface area contributed by atoms with Gasteiger partial charge in [0.05, 0.1) is 0 Å². The molecule has 2 aromatic rings. The average Bonchev–Trinajstić information content (AvgIpc) is 2.85. The number of hydrogen-bond acceptors (Lipinski definition) is 4. The van der Waals surface area contributed by atoms with Crippen molar-refractivity contribution in [1.82, 2.24) is 20.2 Å². The van der Waals surface area contributed by atoms with Gasteiger partial charge in [0, 0.05) is 24.4 Å². The van der Waals surface area contributed by atoms with E-state index < -0.39 is 0 Å². The summed E-state index contributed by atoms with van der Waals surface area (Å²) in [6.45, 7) is 0.763. The molecular weight excluding hydrogens is 214 g/mol. The third-order valence-electron chi connectivity index (χ3n) is 2.59. The van der Waals surface area contributed by atoms with Crippen molar-refractivity contribution in [2.75, 3.05) is 6.54 Å². The van der Waals surface area contributed by atoms with Gasteiger partial charge in [0.1, 0.15) is 5.82 Å². The molecule has 0 aliphatic rings. The maximum Gasteiger partial charge on any atom is 0.181 e. The predicted molar refractivity (Wildman–Crippen MR) is 66.2 cm³/mol. The van der Waals surface area contributed by atoms with Crippen LogP contribution in [0.4, 0.5) is 0 Å². The van der Waals surface area contributed by atoms with Gasteiger partial charge < -0.3 is 5.73 Å². The fourth-order valence-corrected chi connectivity index (χ4v) is 1.65. The summed E-state index contributed by atoms with van der Waals surface area (Å²) < 4.78 is 0. The lowest BCUT2D eigenvalue weighted by molar-refractivity contribution is 0.670. The zero-order valence-electron chi connectivity index (χ0n) is 9.76. The van der Waals surface area contributed by atoms with Gasteiger partial charge in [0.15, 0.2) is 5.82 Å². The van der Waals surface area contributed by atoms with Crippen LogP contribution in [0.25, 0.3) is 11.4 Å². The summed E-state index contributed by atoms with van der Waals surface area (Å²) in [5.74, 6) is 1.68. The van der Waals surface area contributed by atoms with Crippen molar-refractivity contribution in [2.24, 2.45) is 5.73 Å². The summed E-state index contributed by atoms with van der Waals surface area (Å²) in [6.07, 6.45) is 7.73. The number of rotatable bonds is 6. The molecule has 0 spiro atoms. The molecular formula is C12H17N5.